The van der Waals surface area contributed by atoms with E-state index < -0.39 is 6.10 Å². The van der Waals surface area contributed by atoms with Gasteiger partial charge in [0.25, 0.3) is 0 Å². The first-order valence-corrected chi connectivity index (χ1v) is 10.8. The van der Waals surface area contributed by atoms with Crippen molar-refractivity contribution in [2.24, 2.45) is 0 Å². The molecule has 0 saturated heterocycles. The maximum atomic E-state index is 10.3. The van der Waals surface area contributed by atoms with E-state index in [4.69, 9.17) is 4.74 Å². The summed E-state index contributed by atoms with van der Waals surface area (Å²) in [5.41, 5.74) is 0. The fourth-order valence-corrected chi connectivity index (χ4v) is 4.80. The van der Waals surface area contributed by atoms with Crippen molar-refractivity contribution in [1.82, 2.24) is 0 Å². The molecule has 3 heteroatoms. The van der Waals surface area contributed by atoms with E-state index in [0.717, 1.165) is 21.8 Å². The minimum atomic E-state index is -0.458. The Hall–Kier alpha value is -2.32. The Bertz CT molecular complexity index is 1020. The molecular weight excluding hydrogens is 387 g/mol. The molecule has 0 bridgehead atoms. The van der Waals surface area contributed by atoms with Crippen molar-refractivity contribution in [3.8, 4) is 5.75 Å². The van der Waals surface area contributed by atoms with Crippen LogP contribution in [0.4, 0.5) is 0 Å². The number of fused-ring (bicyclic) bond motifs is 2. The Labute approximate surface area is 159 Å². The third-order valence-electron chi connectivity index (χ3n) is 4.34. The summed E-state index contributed by atoms with van der Waals surface area (Å²) in [6, 6.07) is 29.1. The zero-order valence-corrected chi connectivity index (χ0v) is 16.1. The van der Waals surface area contributed by atoms with Crippen molar-refractivity contribution in [3.05, 3.63) is 84.9 Å². The molecule has 2 nitrogen and oxygen atoms in total. The molecule has 1 N–H and O–H groups in total. The van der Waals surface area contributed by atoms with Crippen molar-refractivity contribution in [1.29, 1.82) is 0 Å². The molecule has 4 aromatic carbocycles. The van der Waals surface area contributed by atoms with Gasteiger partial charge in [0.05, 0.1) is 0 Å². The first kappa shape index (κ1) is 17.1. The van der Waals surface area contributed by atoms with Crippen LogP contribution in [0.25, 0.3) is 21.5 Å². The number of ether oxygens (including phenoxy) is 1. The van der Waals surface area contributed by atoms with E-state index in [-0.39, 0.29) is 15.0 Å². The van der Waals surface area contributed by atoms with Gasteiger partial charge < -0.3 is 0 Å². The molecule has 1 unspecified atom stereocenters. The van der Waals surface area contributed by atoms with Gasteiger partial charge in [0.2, 0.25) is 0 Å². The molecule has 0 saturated carbocycles. The summed E-state index contributed by atoms with van der Waals surface area (Å²) in [5.74, 6) is 0.834. The summed E-state index contributed by atoms with van der Waals surface area (Å²) >= 11 is 0.228. The Kier molecular flexibility index (Phi) is 5.21. The predicted octanol–water partition coefficient (Wildman–Crippen LogP) is 4.18. The summed E-state index contributed by atoms with van der Waals surface area (Å²) in [4.78, 5) is 0. The second-order valence-corrected chi connectivity index (χ2v) is 8.56. The third kappa shape index (κ3) is 3.91. The van der Waals surface area contributed by atoms with Gasteiger partial charge in [0.15, 0.2) is 0 Å². The molecule has 0 aromatic heterocycles. The zero-order chi connectivity index (χ0) is 17.8. The van der Waals surface area contributed by atoms with Crippen LogP contribution in [0, 0.1) is 0 Å². The van der Waals surface area contributed by atoms with Crippen LogP contribution in [-0.4, -0.2) is 32.8 Å². The number of aliphatic hydroxyl groups excluding tert-OH is 1. The van der Waals surface area contributed by atoms with Crippen LogP contribution >= 0.6 is 0 Å². The van der Waals surface area contributed by atoms with Gasteiger partial charge in [-0.15, -0.1) is 0 Å². The molecule has 130 valence electrons. The summed E-state index contributed by atoms with van der Waals surface area (Å²) < 4.78 is 7.21. The second-order valence-electron chi connectivity index (χ2n) is 6.26. The van der Waals surface area contributed by atoms with Crippen LogP contribution in [0.1, 0.15) is 0 Å². The molecule has 4 rings (SSSR count). The van der Waals surface area contributed by atoms with Crippen LogP contribution in [0.15, 0.2) is 84.9 Å². The molecule has 0 aliphatic heterocycles. The van der Waals surface area contributed by atoms with E-state index in [1.807, 2.05) is 24.3 Å². The average molecular weight is 407 g/mol. The van der Waals surface area contributed by atoms with Crippen LogP contribution in [0.5, 0.6) is 5.75 Å². The molecule has 0 aliphatic rings. The van der Waals surface area contributed by atoms with Gasteiger partial charge in [-0.05, 0) is 0 Å². The Morgan fingerprint density at radius 3 is 2.38 bits per heavy atom. The molecular formula is C23H20O2Se. The Balaban J connectivity index is 1.36. The Morgan fingerprint density at radius 2 is 1.50 bits per heavy atom. The number of rotatable bonds is 6. The summed E-state index contributed by atoms with van der Waals surface area (Å²) in [6.07, 6.45) is -0.458. The maximum absolute atomic E-state index is 10.3. The van der Waals surface area contributed by atoms with Crippen molar-refractivity contribution in [3.63, 3.8) is 0 Å². The van der Waals surface area contributed by atoms with Crippen molar-refractivity contribution < 1.29 is 9.84 Å². The fourth-order valence-electron chi connectivity index (χ4n) is 3.01. The van der Waals surface area contributed by atoms with Gasteiger partial charge in [-0.2, -0.15) is 0 Å². The van der Waals surface area contributed by atoms with Gasteiger partial charge in [-0.1, -0.05) is 0 Å². The zero-order valence-electron chi connectivity index (χ0n) is 14.3. The van der Waals surface area contributed by atoms with E-state index in [9.17, 15) is 5.11 Å². The molecule has 1 atom stereocenters. The van der Waals surface area contributed by atoms with E-state index in [1.165, 1.54) is 15.2 Å². The van der Waals surface area contributed by atoms with Crippen LogP contribution < -0.4 is 9.20 Å². The van der Waals surface area contributed by atoms with Crippen molar-refractivity contribution in [2.75, 3.05) is 6.61 Å². The van der Waals surface area contributed by atoms with Crippen LogP contribution in [0.2, 0.25) is 5.32 Å². The summed E-state index contributed by atoms with van der Waals surface area (Å²) in [7, 11) is 0. The first-order chi connectivity index (χ1) is 12.8. The van der Waals surface area contributed by atoms with E-state index in [2.05, 4.69) is 60.7 Å². The molecule has 0 spiro atoms. The third-order valence-corrected chi connectivity index (χ3v) is 6.73. The molecule has 0 heterocycles. The molecule has 0 aliphatic carbocycles. The molecule has 4 aromatic rings. The molecule has 0 amide bonds. The quantitative estimate of drug-likeness (QED) is 0.486. The topological polar surface area (TPSA) is 29.5 Å². The van der Waals surface area contributed by atoms with Crippen LogP contribution in [0.3, 0.4) is 0 Å². The molecule has 26 heavy (non-hydrogen) atoms. The normalized spacial score (nSPS) is 12.3. The molecule has 0 fully saturated rings. The Morgan fingerprint density at radius 1 is 0.769 bits per heavy atom. The predicted molar refractivity (Wildman–Crippen MR) is 110 cm³/mol. The van der Waals surface area contributed by atoms with E-state index >= 15 is 0 Å². The number of hydrogen-bond donors (Lipinski definition) is 1. The first-order valence-electron chi connectivity index (χ1n) is 8.70. The van der Waals surface area contributed by atoms with Gasteiger partial charge >= 0.3 is 160 Å². The van der Waals surface area contributed by atoms with Gasteiger partial charge in [-0.3, -0.25) is 0 Å². The second kappa shape index (κ2) is 7.92. The summed E-state index contributed by atoms with van der Waals surface area (Å²) in [5, 5.41) is 15.8. The number of aliphatic hydroxyl groups is 1. The van der Waals surface area contributed by atoms with Crippen LogP contribution in [-0.2, 0) is 0 Å². The SMILES string of the molecule is OC(COc1cccc2ccccc12)C[Se]c1ccc2ccccc2c1. The standard InChI is InChI=1S/C23H20O2Se/c24-20(15-25-23-11-5-9-18-7-3-4-10-22(18)23)16-26-21-13-12-17-6-1-2-8-19(17)14-21/h1-14,20,24H,15-16H2. The van der Waals surface area contributed by atoms with Gasteiger partial charge in [-0.25, -0.2) is 0 Å². The summed E-state index contributed by atoms with van der Waals surface area (Å²) in [6.45, 7) is 0.323. The minimum absolute atomic E-state index is 0.228. The van der Waals surface area contributed by atoms with Crippen molar-refractivity contribution in [2.45, 2.75) is 11.4 Å². The van der Waals surface area contributed by atoms with E-state index in [0.29, 0.717) is 6.61 Å². The number of hydrogen-bond acceptors (Lipinski definition) is 2. The number of benzene rings is 4. The fraction of sp³-hybridized carbons (Fsp3) is 0.130. The van der Waals surface area contributed by atoms with Gasteiger partial charge in [0, 0.05) is 0 Å². The van der Waals surface area contributed by atoms with Gasteiger partial charge in [0.1, 0.15) is 0 Å². The average Bonchev–Trinajstić information content (AvgIpc) is 2.70. The van der Waals surface area contributed by atoms with E-state index in [1.54, 1.807) is 0 Å². The molecule has 0 radical (unpaired) electrons. The monoisotopic (exact) mass is 408 g/mol. The van der Waals surface area contributed by atoms with Crippen molar-refractivity contribution >= 4 is 41.0 Å².